The van der Waals surface area contributed by atoms with Crippen molar-refractivity contribution < 1.29 is 0 Å². The summed E-state index contributed by atoms with van der Waals surface area (Å²) < 4.78 is 0. The SMILES string of the molecule is CCC(C)N(c1ccccc1)c1ccc2c(c1)-c1ccccc1C2(C)C. The Hall–Kier alpha value is -2.54. The molecule has 26 heavy (non-hydrogen) atoms. The van der Waals surface area contributed by atoms with Gasteiger partial charge < -0.3 is 4.90 Å². The van der Waals surface area contributed by atoms with Gasteiger partial charge in [0.05, 0.1) is 0 Å². The summed E-state index contributed by atoms with van der Waals surface area (Å²) in [5.74, 6) is 0. The fraction of sp³-hybridized carbons (Fsp3) is 0.280. The lowest BCUT2D eigenvalue weighted by Gasteiger charge is -2.32. The van der Waals surface area contributed by atoms with Crippen molar-refractivity contribution in [3.05, 3.63) is 83.9 Å². The van der Waals surface area contributed by atoms with Gasteiger partial charge in [-0.15, -0.1) is 0 Å². The summed E-state index contributed by atoms with van der Waals surface area (Å²) in [6.07, 6.45) is 1.11. The number of fused-ring (bicyclic) bond motifs is 3. The fourth-order valence-electron chi connectivity index (χ4n) is 4.29. The first-order chi connectivity index (χ1) is 12.5. The van der Waals surface area contributed by atoms with E-state index in [2.05, 4.69) is 105 Å². The van der Waals surface area contributed by atoms with Crippen molar-refractivity contribution in [3.8, 4) is 11.1 Å². The molecule has 0 fully saturated rings. The van der Waals surface area contributed by atoms with Crippen molar-refractivity contribution in [2.45, 2.75) is 45.6 Å². The van der Waals surface area contributed by atoms with E-state index in [-0.39, 0.29) is 5.41 Å². The first-order valence-corrected chi connectivity index (χ1v) is 9.62. The van der Waals surface area contributed by atoms with E-state index in [1.165, 1.54) is 33.6 Å². The first-order valence-electron chi connectivity index (χ1n) is 9.62. The highest BCUT2D eigenvalue weighted by Gasteiger charge is 2.35. The Morgan fingerprint density at radius 3 is 2.15 bits per heavy atom. The molecule has 0 heterocycles. The molecule has 3 aromatic carbocycles. The molecule has 0 aromatic heterocycles. The molecule has 132 valence electrons. The van der Waals surface area contributed by atoms with Crippen molar-refractivity contribution in [2.24, 2.45) is 0 Å². The minimum atomic E-state index is 0.0679. The first kappa shape index (κ1) is 16.9. The highest BCUT2D eigenvalue weighted by atomic mass is 15.2. The third kappa shape index (κ3) is 2.54. The Morgan fingerprint density at radius 1 is 0.769 bits per heavy atom. The Balaban J connectivity index is 1.88. The van der Waals surface area contributed by atoms with Crippen molar-refractivity contribution in [3.63, 3.8) is 0 Å². The molecule has 1 aliphatic rings. The van der Waals surface area contributed by atoms with Crippen molar-refractivity contribution in [1.29, 1.82) is 0 Å². The molecule has 0 N–H and O–H groups in total. The number of nitrogens with zero attached hydrogens (tertiary/aromatic N) is 1. The summed E-state index contributed by atoms with van der Waals surface area (Å²) in [5.41, 5.74) is 8.22. The zero-order chi connectivity index (χ0) is 18.3. The molecule has 0 saturated carbocycles. The molecule has 0 aliphatic heterocycles. The van der Waals surface area contributed by atoms with E-state index in [0.29, 0.717) is 6.04 Å². The van der Waals surface area contributed by atoms with Gasteiger partial charge in [0.1, 0.15) is 0 Å². The second-order valence-electron chi connectivity index (χ2n) is 7.86. The number of hydrogen-bond acceptors (Lipinski definition) is 1. The van der Waals surface area contributed by atoms with Crippen LogP contribution >= 0.6 is 0 Å². The standard InChI is InChI=1S/C25H27N/c1-5-18(2)26(19-11-7-6-8-12-19)20-15-16-24-22(17-20)21-13-9-10-14-23(21)25(24,3)4/h6-18H,5H2,1-4H3. The quantitative estimate of drug-likeness (QED) is 0.497. The van der Waals surface area contributed by atoms with E-state index >= 15 is 0 Å². The molecule has 1 nitrogen and oxygen atoms in total. The van der Waals surface area contributed by atoms with Crippen LogP contribution in [0.5, 0.6) is 0 Å². The average Bonchev–Trinajstić information content (AvgIpc) is 2.90. The van der Waals surface area contributed by atoms with Crippen molar-refractivity contribution in [1.82, 2.24) is 0 Å². The normalized spacial score (nSPS) is 15.2. The van der Waals surface area contributed by atoms with Gasteiger partial charge in [-0.1, -0.05) is 69.3 Å². The number of anilines is 2. The molecule has 1 aliphatic carbocycles. The van der Waals surface area contributed by atoms with Crippen LogP contribution in [0, 0.1) is 0 Å². The third-order valence-corrected chi connectivity index (χ3v) is 5.91. The summed E-state index contributed by atoms with van der Waals surface area (Å²) in [4.78, 5) is 2.47. The highest BCUT2D eigenvalue weighted by Crippen LogP contribution is 2.49. The van der Waals surface area contributed by atoms with Crippen LogP contribution < -0.4 is 4.90 Å². The van der Waals surface area contributed by atoms with Crippen LogP contribution in [0.1, 0.15) is 45.2 Å². The molecule has 4 rings (SSSR count). The van der Waals surface area contributed by atoms with E-state index in [0.717, 1.165) is 6.42 Å². The van der Waals surface area contributed by atoms with E-state index < -0.39 is 0 Å². The van der Waals surface area contributed by atoms with Crippen LogP contribution in [0.3, 0.4) is 0 Å². The molecule has 0 bridgehead atoms. The Kier molecular flexibility index (Phi) is 4.11. The molecule has 3 aromatic rings. The topological polar surface area (TPSA) is 3.24 Å². The molecule has 1 unspecified atom stereocenters. The van der Waals surface area contributed by atoms with E-state index in [9.17, 15) is 0 Å². The van der Waals surface area contributed by atoms with Gasteiger partial charge in [-0.25, -0.2) is 0 Å². The number of rotatable bonds is 4. The summed E-state index contributed by atoms with van der Waals surface area (Å²) in [6.45, 7) is 9.23. The third-order valence-electron chi connectivity index (χ3n) is 5.91. The number of benzene rings is 3. The van der Waals surface area contributed by atoms with Crippen LogP contribution in [-0.2, 0) is 5.41 Å². The lowest BCUT2D eigenvalue weighted by Crippen LogP contribution is -2.27. The second-order valence-corrected chi connectivity index (χ2v) is 7.86. The predicted molar refractivity (Wildman–Crippen MR) is 112 cm³/mol. The van der Waals surface area contributed by atoms with E-state index in [1.54, 1.807) is 0 Å². The van der Waals surface area contributed by atoms with Crippen LogP contribution in [0.15, 0.2) is 72.8 Å². The van der Waals surface area contributed by atoms with E-state index in [4.69, 9.17) is 0 Å². The van der Waals surface area contributed by atoms with Crippen molar-refractivity contribution >= 4 is 11.4 Å². The van der Waals surface area contributed by atoms with Crippen LogP contribution in [0.2, 0.25) is 0 Å². The van der Waals surface area contributed by atoms with Gasteiger partial charge in [0.15, 0.2) is 0 Å². The summed E-state index contributed by atoms with van der Waals surface area (Å²) >= 11 is 0. The molecular weight excluding hydrogens is 314 g/mol. The lowest BCUT2D eigenvalue weighted by atomic mass is 9.82. The smallest absolute Gasteiger partial charge is 0.0419 e. The van der Waals surface area contributed by atoms with Gasteiger partial charge in [-0.05, 0) is 59.9 Å². The number of para-hydroxylation sites is 1. The van der Waals surface area contributed by atoms with Gasteiger partial charge in [0.2, 0.25) is 0 Å². The molecule has 0 spiro atoms. The largest absolute Gasteiger partial charge is 0.339 e. The Bertz CT molecular complexity index is 924. The van der Waals surface area contributed by atoms with Gasteiger partial charge in [0.25, 0.3) is 0 Å². The summed E-state index contributed by atoms with van der Waals surface area (Å²) in [7, 11) is 0. The van der Waals surface area contributed by atoms with Gasteiger partial charge in [-0.3, -0.25) is 0 Å². The van der Waals surface area contributed by atoms with Crippen LogP contribution in [0.25, 0.3) is 11.1 Å². The van der Waals surface area contributed by atoms with Gasteiger partial charge in [0, 0.05) is 22.8 Å². The Labute approximate surface area is 157 Å². The van der Waals surface area contributed by atoms with E-state index in [1.807, 2.05) is 0 Å². The summed E-state index contributed by atoms with van der Waals surface area (Å²) in [5, 5.41) is 0. The number of hydrogen-bond donors (Lipinski definition) is 0. The molecule has 0 radical (unpaired) electrons. The predicted octanol–water partition coefficient (Wildman–Crippen LogP) is 6.93. The zero-order valence-corrected chi connectivity index (χ0v) is 16.2. The second kappa shape index (κ2) is 6.32. The fourth-order valence-corrected chi connectivity index (χ4v) is 4.29. The lowest BCUT2D eigenvalue weighted by molar-refractivity contribution is 0.659. The molecule has 1 atom stereocenters. The summed E-state index contributed by atoms with van der Waals surface area (Å²) in [6, 6.07) is 27.1. The maximum absolute atomic E-state index is 2.47. The Morgan fingerprint density at radius 2 is 1.42 bits per heavy atom. The highest BCUT2D eigenvalue weighted by molar-refractivity contribution is 5.84. The van der Waals surface area contributed by atoms with Crippen LogP contribution in [0.4, 0.5) is 11.4 Å². The van der Waals surface area contributed by atoms with Crippen LogP contribution in [-0.4, -0.2) is 6.04 Å². The van der Waals surface area contributed by atoms with Gasteiger partial charge >= 0.3 is 0 Å². The molecule has 1 heteroatoms. The maximum Gasteiger partial charge on any atom is 0.0419 e. The van der Waals surface area contributed by atoms with Gasteiger partial charge in [-0.2, -0.15) is 0 Å². The molecule has 0 amide bonds. The monoisotopic (exact) mass is 341 g/mol. The molecular formula is C25H27N. The maximum atomic E-state index is 2.47. The minimum Gasteiger partial charge on any atom is -0.339 e. The minimum absolute atomic E-state index is 0.0679. The van der Waals surface area contributed by atoms with Crippen molar-refractivity contribution in [2.75, 3.05) is 4.90 Å². The average molecular weight is 341 g/mol. The molecule has 0 saturated heterocycles. The zero-order valence-electron chi connectivity index (χ0n) is 16.2.